The van der Waals surface area contributed by atoms with E-state index < -0.39 is 16.2 Å². The lowest BCUT2D eigenvalue weighted by atomic mass is 10.1. The first-order valence-electron chi connectivity index (χ1n) is 5.42. The van der Waals surface area contributed by atoms with Crippen LogP contribution in [-0.4, -0.2) is 43.9 Å². The van der Waals surface area contributed by atoms with Crippen LogP contribution in [0.1, 0.15) is 15.9 Å². The number of hydrogen-bond acceptors (Lipinski definition) is 3. The summed E-state index contributed by atoms with van der Waals surface area (Å²) in [6.45, 7) is 2.50. The largest absolute Gasteiger partial charge is 0.478 e. The third-order valence-corrected chi connectivity index (χ3v) is 4.92. The molecule has 0 unspecified atom stereocenters. The van der Waals surface area contributed by atoms with E-state index >= 15 is 0 Å². The molecule has 0 aliphatic carbocycles. The lowest BCUT2D eigenvalue weighted by Gasteiger charge is -2.20. The number of aromatic carboxylic acids is 1. The van der Waals surface area contributed by atoms with Crippen molar-refractivity contribution in [1.82, 2.24) is 4.31 Å². The van der Waals surface area contributed by atoms with Gasteiger partial charge in [0.2, 0.25) is 0 Å². The van der Waals surface area contributed by atoms with E-state index in [0.717, 1.165) is 5.56 Å². The number of nitrogens with zero attached hydrogens (tertiary/aromatic N) is 2. The zero-order chi connectivity index (χ0) is 13.5. The fraction of sp³-hybridized carbons (Fsp3) is 0.364. The molecule has 1 aliphatic heterocycles. The lowest BCUT2D eigenvalue weighted by molar-refractivity contribution is 0.0697. The van der Waals surface area contributed by atoms with Crippen molar-refractivity contribution in [2.24, 2.45) is 0 Å². The Morgan fingerprint density at radius 2 is 2.00 bits per heavy atom. The summed E-state index contributed by atoms with van der Waals surface area (Å²) in [6.07, 6.45) is 0. The number of carboxylic acid groups (broad SMARTS) is 1. The Hall–Kier alpha value is -1.60. The fourth-order valence-corrected chi connectivity index (χ4v) is 3.29. The number of aryl methyl sites for hydroxylation is 1. The van der Waals surface area contributed by atoms with Gasteiger partial charge in [0, 0.05) is 20.1 Å². The van der Waals surface area contributed by atoms with Crippen molar-refractivity contribution in [3.8, 4) is 0 Å². The van der Waals surface area contributed by atoms with Crippen LogP contribution in [-0.2, 0) is 10.2 Å². The molecule has 0 bridgehead atoms. The molecule has 2 rings (SSSR count). The van der Waals surface area contributed by atoms with Crippen molar-refractivity contribution in [3.63, 3.8) is 0 Å². The second kappa shape index (κ2) is 4.25. The predicted molar refractivity (Wildman–Crippen MR) is 67.0 cm³/mol. The maximum atomic E-state index is 12.0. The van der Waals surface area contributed by atoms with E-state index in [-0.39, 0.29) is 5.56 Å². The molecule has 98 valence electrons. The van der Waals surface area contributed by atoms with Crippen molar-refractivity contribution < 1.29 is 18.3 Å². The van der Waals surface area contributed by atoms with Crippen LogP contribution in [0.5, 0.6) is 0 Å². The van der Waals surface area contributed by atoms with Crippen LogP contribution in [0, 0.1) is 6.92 Å². The summed E-state index contributed by atoms with van der Waals surface area (Å²) >= 11 is 0. The highest BCUT2D eigenvalue weighted by Crippen LogP contribution is 2.28. The number of rotatable bonds is 2. The zero-order valence-electron chi connectivity index (χ0n) is 10.1. The van der Waals surface area contributed by atoms with E-state index in [1.54, 1.807) is 13.0 Å². The van der Waals surface area contributed by atoms with Crippen molar-refractivity contribution in [1.29, 1.82) is 0 Å². The van der Waals surface area contributed by atoms with E-state index in [9.17, 15) is 13.2 Å². The van der Waals surface area contributed by atoms with Crippen LogP contribution < -0.4 is 4.31 Å². The number of carbonyl (C=O) groups is 1. The molecule has 1 fully saturated rings. The smallest absolute Gasteiger partial charge is 0.335 e. The van der Waals surface area contributed by atoms with Gasteiger partial charge in [-0.05, 0) is 24.6 Å². The van der Waals surface area contributed by atoms with Crippen molar-refractivity contribution >= 4 is 21.9 Å². The Bertz CT molecular complexity index is 597. The molecule has 6 nitrogen and oxygen atoms in total. The van der Waals surface area contributed by atoms with Crippen LogP contribution >= 0.6 is 0 Å². The van der Waals surface area contributed by atoms with Gasteiger partial charge in [-0.2, -0.15) is 12.7 Å². The molecule has 1 aromatic rings. The maximum absolute atomic E-state index is 12.0. The Labute approximate surface area is 106 Å². The van der Waals surface area contributed by atoms with E-state index in [2.05, 4.69) is 0 Å². The summed E-state index contributed by atoms with van der Waals surface area (Å²) in [5.41, 5.74) is 1.25. The van der Waals surface area contributed by atoms with E-state index in [1.165, 1.54) is 27.8 Å². The van der Waals surface area contributed by atoms with Crippen LogP contribution in [0.3, 0.4) is 0 Å². The van der Waals surface area contributed by atoms with Gasteiger partial charge in [-0.3, -0.25) is 4.31 Å². The topological polar surface area (TPSA) is 77.9 Å². The number of anilines is 1. The van der Waals surface area contributed by atoms with Gasteiger partial charge >= 0.3 is 16.2 Å². The summed E-state index contributed by atoms with van der Waals surface area (Å²) in [4.78, 5) is 10.9. The van der Waals surface area contributed by atoms with Crippen LogP contribution in [0.4, 0.5) is 5.69 Å². The van der Waals surface area contributed by atoms with E-state index in [4.69, 9.17) is 5.11 Å². The van der Waals surface area contributed by atoms with Gasteiger partial charge in [0.05, 0.1) is 11.3 Å². The normalized spacial score (nSPS) is 19.1. The minimum absolute atomic E-state index is 0.0837. The molecular weight excluding hydrogens is 256 g/mol. The zero-order valence-corrected chi connectivity index (χ0v) is 10.9. The highest BCUT2D eigenvalue weighted by atomic mass is 32.2. The highest BCUT2D eigenvalue weighted by molar-refractivity contribution is 7.90. The standard InChI is InChI=1S/C11H14N2O4S/c1-8-3-4-9(11(14)15)7-10(8)13-6-5-12(2)18(13,16)17/h3-4,7H,5-6H2,1-2H3,(H,14,15). The maximum Gasteiger partial charge on any atom is 0.335 e. The Kier molecular flexibility index (Phi) is 3.04. The lowest BCUT2D eigenvalue weighted by Crippen LogP contribution is -2.31. The number of carboxylic acids is 1. The molecule has 18 heavy (non-hydrogen) atoms. The number of benzene rings is 1. The number of hydrogen-bond donors (Lipinski definition) is 1. The molecule has 1 aliphatic rings. The highest BCUT2D eigenvalue weighted by Gasteiger charge is 2.34. The molecule has 0 spiro atoms. The summed E-state index contributed by atoms with van der Waals surface area (Å²) in [5, 5.41) is 8.95. The monoisotopic (exact) mass is 270 g/mol. The van der Waals surface area contributed by atoms with Gasteiger partial charge in [-0.25, -0.2) is 4.79 Å². The average Bonchev–Trinajstić information content (AvgIpc) is 2.55. The molecule has 1 saturated heterocycles. The Balaban J connectivity index is 2.52. The SMILES string of the molecule is Cc1ccc(C(=O)O)cc1N1CCN(C)S1(=O)=O. The molecule has 0 aromatic heterocycles. The van der Waals surface area contributed by atoms with Crippen molar-refractivity contribution in [2.75, 3.05) is 24.4 Å². The first kappa shape index (κ1) is 12.8. The van der Waals surface area contributed by atoms with Crippen LogP contribution in [0.25, 0.3) is 0 Å². The van der Waals surface area contributed by atoms with Crippen LogP contribution in [0.2, 0.25) is 0 Å². The van der Waals surface area contributed by atoms with Crippen molar-refractivity contribution in [2.45, 2.75) is 6.92 Å². The molecule has 0 radical (unpaired) electrons. The molecular formula is C11H14N2O4S. The third-order valence-electron chi connectivity index (χ3n) is 3.02. The first-order valence-corrected chi connectivity index (χ1v) is 6.81. The van der Waals surface area contributed by atoms with E-state index in [0.29, 0.717) is 18.8 Å². The third kappa shape index (κ3) is 1.95. The Morgan fingerprint density at radius 1 is 1.33 bits per heavy atom. The summed E-state index contributed by atoms with van der Waals surface area (Å²) in [7, 11) is -2.00. The average molecular weight is 270 g/mol. The minimum atomic E-state index is -3.51. The molecule has 1 aromatic carbocycles. The molecule has 0 atom stereocenters. The predicted octanol–water partition coefficient (Wildman–Crippen LogP) is 0.690. The van der Waals surface area contributed by atoms with Crippen molar-refractivity contribution in [3.05, 3.63) is 29.3 Å². The van der Waals surface area contributed by atoms with Gasteiger partial charge in [0.15, 0.2) is 0 Å². The van der Waals surface area contributed by atoms with Crippen LogP contribution in [0.15, 0.2) is 18.2 Å². The summed E-state index contributed by atoms with van der Waals surface area (Å²) in [6, 6.07) is 4.48. The molecule has 7 heteroatoms. The number of likely N-dealkylation sites (N-methyl/N-ethyl adjacent to an activating group) is 1. The Morgan fingerprint density at radius 3 is 2.50 bits per heavy atom. The second-order valence-electron chi connectivity index (χ2n) is 4.21. The second-order valence-corrected chi connectivity index (χ2v) is 6.17. The van der Waals surface area contributed by atoms with Gasteiger partial charge in [0.1, 0.15) is 0 Å². The molecule has 0 saturated carbocycles. The first-order chi connectivity index (χ1) is 8.34. The summed E-state index contributed by atoms with van der Waals surface area (Å²) < 4.78 is 26.6. The minimum Gasteiger partial charge on any atom is -0.478 e. The molecule has 1 N–H and O–H groups in total. The molecule has 1 heterocycles. The summed E-state index contributed by atoms with van der Waals surface area (Å²) in [5.74, 6) is -1.07. The van der Waals surface area contributed by atoms with Gasteiger partial charge in [-0.15, -0.1) is 0 Å². The van der Waals surface area contributed by atoms with E-state index in [1.807, 2.05) is 0 Å². The molecule has 0 amide bonds. The fourth-order valence-electron chi connectivity index (χ4n) is 1.89. The van der Waals surface area contributed by atoms with Gasteiger partial charge < -0.3 is 5.11 Å². The quantitative estimate of drug-likeness (QED) is 0.857. The van der Waals surface area contributed by atoms with Gasteiger partial charge in [0.25, 0.3) is 0 Å². The van der Waals surface area contributed by atoms with Gasteiger partial charge in [-0.1, -0.05) is 6.07 Å².